The zero-order chi connectivity index (χ0) is 14.4. The van der Waals surface area contributed by atoms with E-state index in [1.54, 1.807) is 6.92 Å². The Morgan fingerprint density at radius 3 is 2.68 bits per heavy atom. The molecule has 6 nitrogen and oxygen atoms in total. The Hall–Kier alpha value is -1.98. The molecule has 6 heteroatoms. The lowest BCUT2D eigenvalue weighted by Gasteiger charge is -2.12. The molecule has 1 rings (SSSR count). The maximum absolute atomic E-state index is 11.5. The van der Waals surface area contributed by atoms with Gasteiger partial charge >= 0.3 is 12.0 Å². The molecular formula is C13H20N2O4. The fourth-order valence-corrected chi connectivity index (χ4v) is 1.79. The maximum Gasteiger partial charge on any atom is 0.339 e. The molecule has 0 radical (unpaired) electrons. The molecule has 2 amide bonds. The van der Waals surface area contributed by atoms with Crippen LogP contribution in [0.2, 0.25) is 0 Å². The van der Waals surface area contributed by atoms with Crippen molar-refractivity contribution in [1.82, 2.24) is 10.6 Å². The quantitative estimate of drug-likeness (QED) is 0.738. The standard InChI is InChI=1S/C13H20N2O4/c1-4-5-8(2)15-13(18)14-7-10-6-11(12(16)17)9(3)19-10/h6,8H,4-5,7H2,1-3H3,(H,16,17)(H2,14,15,18). The molecule has 0 aliphatic heterocycles. The average molecular weight is 268 g/mol. The highest BCUT2D eigenvalue weighted by atomic mass is 16.4. The van der Waals surface area contributed by atoms with Gasteiger partial charge in [-0.3, -0.25) is 0 Å². The molecule has 0 saturated carbocycles. The first-order valence-corrected chi connectivity index (χ1v) is 6.31. The smallest absolute Gasteiger partial charge is 0.339 e. The van der Waals surface area contributed by atoms with E-state index in [1.165, 1.54) is 6.07 Å². The number of rotatable bonds is 6. The minimum atomic E-state index is -1.03. The van der Waals surface area contributed by atoms with Gasteiger partial charge in [0.05, 0.1) is 6.54 Å². The Morgan fingerprint density at radius 2 is 2.16 bits per heavy atom. The van der Waals surface area contributed by atoms with Gasteiger partial charge in [0.1, 0.15) is 17.1 Å². The van der Waals surface area contributed by atoms with Crippen LogP contribution >= 0.6 is 0 Å². The lowest BCUT2D eigenvalue weighted by Crippen LogP contribution is -2.40. The van der Waals surface area contributed by atoms with Crippen molar-refractivity contribution < 1.29 is 19.1 Å². The number of carboxylic acid groups (broad SMARTS) is 1. The summed E-state index contributed by atoms with van der Waals surface area (Å²) < 4.78 is 5.26. The van der Waals surface area contributed by atoms with Crippen molar-refractivity contribution in [1.29, 1.82) is 0 Å². The normalized spacial score (nSPS) is 11.9. The molecule has 0 bridgehead atoms. The zero-order valence-corrected chi connectivity index (χ0v) is 11.4. The number of aryl methyl sites for hydroxylation is 1. The third-order valence-corrected chi connectivity index (χ3v) is 2.72. The van der Waals surface area contributed by atoms with Crippen LogP contribution in [0.5, 0.6) is 0 Å². The van der Waals surface area contributed by atoms with Gasteiger partial charge in [0.2, 0.25) is 0 Å². The summed E-state index contributed by atoms with van der Waals surface area (Å²) >= 11 is 0. The summed E-state index contributed by atoms with van der Waals surface area (Å²) in [5.41, 5.74) is 0.122. The highest BCUT2D eigenvalue weighted by Crippen LogP contribution is 2.14. The van der Waals surface area contributed by atoms with E-state index in [0.717, 1.165) is 12.8 Å². The molecule has 106 valence electrons. The predicted molar refractivity (Wildman–Crippen MR) is 70.1 cm³/mol. The lowest BCUT2D eigenvalue weighted by molar-refractivity contribution is 0.0695. The van der Waals surface area contributed by atoms with Crippen LogP contribution in [0.15, 0.2) is 10.5 Å². The van der Waals surface area contributed by atoms with Crippen molar-refractivity contribution in [3.63, 3.8) is 0 Å². The molecule has 0 aliphatic rings. The van der Waals surface area contributed by atoms with Crippen molar-refractivity contribution >= 4 is 12.0 Å². The number of furan rings is 1. The van der Waals surface area contributed by atoms with E-state index in [4.69, 9.17) is 9.52 Å². The summed E-state index contributed by atoms with van der Waals surface area (Å²) in [4.78, 5) is 22.4. The molecule has 0 aliphatic carbocycles. The maximum atomic E-state index is 11.5. The van der Waals surface area contributed by atoms with Gasteiger partial charge in [-0.1, -0.05) is 13.3 Å². The van der Waals surface area contributed by atoms with Crippen molar-refractivity contribution in [2.24, 2.45) is 0 Å². The number of carbonyl (C=O) groups is 2. The SMILES string of the molecule is CCCC(C)NC(=O)NCc1cc(C(=O)O)c(C)o1. The van der Waals surface area contributed by atoms with Gasteiger partial charge in [0.25, 0.3) is 0 Å². The number of amides is 2. The van der Waals surface area contributed by atoms with Gasteiger partial charge in [0.15, 0.2) is 0 Å². The fraction of sp³-hybridized carbons (Fsp3) is 0.538. The number of carbonyl (C=O) groups excluding carboxylic acids is 1. The Balaban J connectivity index is 2.46. The van der Waals surface area contributed by atoms with Crippen LogP contribution in [0, 0.1) is 6.92 Å². The second kappa shape index (κ2) is 6.82. The monoisotopic (exact) mass is 268 g/mol. The summed E-state index contributed by atoms with van der Waals surface area (Å²) in [6, 6.07) is 1.25. The molecule has 1 aromatic rings. The molecule has 1 heterocycles. The lowest BCUT2D eigenvalue weighted by atomic mass is 10.2. The molecule has 1 aromatic heterocycles. The van der Waals surface area contributed by atoms with E-state index in [1.807, 2.05) is 6.92 Å². The first kappa shape index (κ1) is 15.1. The number of carboxylic acids is 1. The topological polar surface area (TPSA) is 91.6 Å². The van der Waals surface area contributed by atoms with E-state index in [2.05, 4.69) is 17.6 Å². The van der Waals surface area contributed by atoms with E-state index in [0.29, 0.717) is 11.5 Å². The summed E-state index contributed by atoms with van der Waals surface area (Å²) in [5.74, 6) is -0.272. The van der Waals surface area contributed by atoms with Crippen molar-refractivity contribution in [3.8, 4) is 0 Å². The van der Waals surface area contributed by atoms with Gasteiger partial charge < -0.3 is 20.2 Å². The van der Waals surface area contributed by atoms with Crippen LogP contribution in [0.4, 0.5) is 4.79 Å². The summed E-state index contributed by atoms with van der Waals surface area (Å²) in [6.07, 6.45) is 1.91. The first-order chi connectivity index (χ1) is 8.93. The third kappa shape index (κ3) is 4.65. The predicted octanol–water partition coefficient (Wildman–Crippen LogP) is 2.27. The number of nitrogens with one attached hydrogen (secondary N) is 2. The van der Waals surface area contributed by atoms with Crippen LogP contribution in [-0.4, -0.2) is 23.1 Å². The highest BCUT2D eigenvalue weighted by Gasteiger charge is 2.14. The van der Waals surface area contributed by atoms with E-state index in [-0.39, 0.29) is 24.2 Å². The number of hydrogen-bond acceptors (Lipinski definition) is 3. The molecular weight excluding hydrogens is 248 g/mol. The Bertz CT molecular complexity index is 453. The third-order valence-electron chi connectivity index (χ3n) is 2.72. The molecule has 19 heavy (non-hydrogen) atoms. The van der Waals surface area contributed by atoms with Gasteiger partial charge in [-0.2, -0.15) is 0 Å². The fourth-order valence-electron chi connectivity index (χ4n) is 1.79. The Kier molecular flexibility index (Phi) is 5.41. The summed E-state index contributed by atoms with van der Waals surface area (Å²) in [5, 5.41) is 14.3. The van der Waals surface area contributed by atoms with E-state index >= 15 is 0 Å². The Morgan fingerprint density at radius 1 is 1.47 bits per heavy atom. The average Bonchev–Trinajstić information content (AvgIpc) is 2.68. The molecule has 3 N–H and O–H groups in total. The van der Waals surface area contributed by atoms with E-state index < -0.39 is 5.97 Å². The first-order valence-electron chi connectivity index (χ1n) is 6.31. The zero-order valence-electron chi connectivity index (χ0n) is 11.4. The van der Waals surface area contributed by atoms with Gasteiger partial charge in [-0.15, -0.1) is 0 Å². The number of hydrogen-bond donors (Lipinski definition) is 3. The number of urea groups is 1. The molecule has 0 fully saturated rings. The van der Waals surface area contributed by atoms with Crippen LogP contribution < -0.4 is 10.6 Å². The second-order valence-electron chi connectivity index (χ2n) is 4.50. The second-order valence-corrected chi connectivity index (χ2v) is 4.50. The Labute approximate surface area is 112 Å². The van der Waals surface area contributed by atoms with Crippen LogP contribution in [0.3, 0.4) is 0 Å². The molecule has 0 aromatic carbocycles. The summed E-state index contributed by atoms with van der Waals surface area (Å²) in [7, 11) is 0. The minimum absolute atomic E-state index is 0.109. The van der Waals surface area contributed by atoms with Gasteiger partial charge in [-0.05, 0) is 26.3 Å². The van der Waals surface area contributed by atoms with Gasteiger partial charge in [0, 0.05) is 6.04 Å². The van der Waals surface area contributed by atoms with Crippen molar-refractivity contribution in [2.45, 2.75) is 46.2 Å². The molecule has 1 unspecified atom stereocenters. The van der Waals surface area contributed by atoms with Gasteiger partial charge in [-0.25, -0.2) is 9.59 Å². The van der Waals surface area contributed by atoms with Crippen molar-refractivity contribution in [3.05, 3.63) is 23.2 Å². The molecule has 0 saturated heterocycles. The summed E-state index contributed by atoms with van der Waals surface area (Å²) in [6.45, 7) is 5.73. The highest BCUT2D eigenvalue weighted by molar-refractivity contribution is 5.88. The largest absolute Gasteiger partial charge is 0.478 e. The minimum Gasteiger partial charge on any atom is -0.478 e. The van der Waals surface area contributed by atoms with Crippen molar-refractivity contribution in [2.75, 3.05) is 0 Å². The van der Waals surface area contributed by atoms with Crippen LogP contribution in [0.1, 0.15) is 48.6 Å². The van der Waals surface area contributed by atoms with Crippen LogP contribution in [-0.2, 0) is 6.54 Å². The van der Waals surface area contributed by atoms with E-state index in [9.17, 15) is 9.59 Å². The molecule has 1 atom stereocenters. The molecule has 0 spiro atoms. The number of aromatic carboxylic acids is 1. The van der Waals surface area contributed by atoms with Crippen LogP contribution in [0.25, 0.3) is 0 Å².